The molecule has 0 spiro atoms. The van der Waals surface area contributed by atoms with Gasteiger partial charge in [-0.25, -0.2) is 4.79 Å². The molecule has 2 aromatic rings. The van der Waals surface area contributed by atoms with Gasteiger partial charge in [0.15, 0.2) is 0 Å². The van der Waals surface area contributed by atoms with Crippen molar-refractivity contribution in [2.45, 2.75) is 46.6 Å². The van der Waals surface area contributed by atoms with Gasteiger partial charge in [0, 0.05) is 19.6 Å². The van der Waals surface area contributed by atoms with E-state index in [2.05, 4.69) is 5.10 Å². The lowest BCUT2D eigenvalue weighted by molar-refractivity contribution is -0.149. The summed E-state index contributed by atoms with van der Waals surface area (Å²) in [4.78, 5) is 52.5. The molecule has 0 bridgehead atoms. The van der Waals surface area contributed by atoms with Crippen LogP contribution in [0.2, 0.25) is 0 Å². The number of amides is 1. The summed E-state index contributed by atoms with van der Waals surface area (Å²) >= 11 is 0. The number of benzene rings is 1. The van der Waals surface area contributed by atoms with Gasteiger partial charge in [0.2, 0.25) is 5.69 Å². The lowest BCUT2D eigenvalue weighted by atomic mass is 9.97. The SMILES string of the molecule is CCCn1c(=O)c(C(=O)N2CCC(C(=O)OCC)CC2)nn(-c2cccc(C)c2)c1=O. The average Bonchev–Trinajstić information content (AvgIpc) is 2.76. The monoisotopic (exact) mass is 428 g/mol. The lowest BCUT2D eigenvalue weighted by Crippen LogP contribution is -2.48. The van der Waals surface area contributed by atoms with E-state index < -0.39 is 17.2 Å². The van der Waals surface area contributed by atoms with Gasteiger partial charge in [-0.15, -0.1) is 0 Å². The zero-order valence-electron chi connectivity index (χ0n) is 18.2. The van der Waals surface area contributed by atoms with Crippen LogP contribution in [0.1, 0.15) is 49.2 Å². The van der Waals surface area contributed by atoms with Crippen LogP contribution in [0.5, 0.6) is 0 Å². The molecule has 1 aromatic carbocycles. The molecule has 0 N–H and O–H groups in total. The van der Waals surface area contributed by atoms with Crippen molar-refractivity contribution >= 4 is 11.9 Å². The molecular weight excluding hydrogens is 400 g/mol. The summed E-state index contributed by atoms with van der Waals surface area (Å²) in [5.74, 6) is -1.04. The molecule has 0 saturated carbocycles. The Kier molecular flexibility index (Phi) is 7.04. The topological polar surface area (TPSA) is 104 Å². The maximum Gasteiger partial charge on any atom is 0.352 e. The van der Waals surface area contributed by atoms with E-state index in [1.807, 2.05) is 19.9 Å². The Morgan fingerprint density at radius 3 is 2.48 bits per heavy atom. The van der Waals surface area contributed by atoms with E-state index in [0.29, 0.717) is 44.6 Å². The Bertz CT molecular complexity index is 1080. The van der Waals surface area contributed by atoms with Crippen LogP contribution in [0.25, 0.3) is 5.69 Å². The van der Waals surface area contributed by atoms with Crippen LogP contribution in [0.15, 0.2) is 33.9 Å². The third-order valence-electron chi connectivity index (χ3n) is 5.36. The minimum atomic E-state index is -0.687. The molecule has 0 radical (unpaired) electrons. The fourth-order valence-electron chi connectivity index (χ4n) is 3.73. The highest BCUT2D eigenvalue weighted by atomic mass is 16.5. The lowest BCUT2D eigenvalue weighted by Gasteiger charge is -2.30. The third kappa shape index (κ3) is 4.76. The van der Waals surface area contributed by atoms with Gasteiger partial charge in [-0.3, -0.25) is 19.0 Å². The molecule has 1 aliphatic rings. The van der Waals surface area contributed by atoms with Gasteiger partial charge in [0.05, 0.1) is 18.2 Å². The van der Waals surface area contributed by atoms with E-state index in [1.54, 1.807) is 25.1 Å². The van der Waals surface area contributed by atoms with Gasteiger partial charge in [-0.2, -0.15) is 9.78 Å². The van der Waals surface area contributed by atoms with Crippen molar-refractivity contribution in [2.24, 2.45) is 5.92 Å². The van der Waals surface area contributed by atoms with E-state index in [9.17, 15) is 19.2 Å². The van der Waals surface area contributed by atoms with Crippen LogP contribution in [-0.4, -0.2) is 50.8 Å². The smallest absolute Gasteiger partial charge is 0.352 e. The summed E-state index contributed by atoms with van der Waals surface area (Å²) in [7, 11) is 0. The van der Waals surface area contributed by atoms with E-state index in [4.69, 9.17) is 4.74 Å². The Morgan fingerprint density at radius 2 is 1.87 bits per heavy atom. The normalized spacial score (nSPS) is 14.5. The number of rotatable bonds is 6. The summed E-state index contributed by atoms with van der Waals surface area (Å²) in [5, 5.41) is 4.17. The summed E-state index contributed by atoms with van der Waals surface area (Å²) in [6.07, 6.45) is 1.49. The number of nitrogens with zero attached hydrogens (tertiary/aromatic N) is 4. The Morgan fingerprint density at radius 1 is 1.16 bits per heavy atom. The number of likely N-dealkylation sites (tertiary alicyclic amines) is 1. The average molecular weight is 428 g/mol. The first-order valence-corrected chi connectivity index (χ1v) is 10.6. The summed E-state index contributed by atoms with van der Waals surface area (Å²) in [5.41, 5.74) is -0.134. The molecule has 0 aliphatic carbocycles. The van der Waals surface area contributed by atoms with Gasteiger partial charge in [0.25, 0.3) is 11.5 Å². The molecule has 1 amide bonds. The molecule has 166 valence electrons. The molecule has 9 nitrogen and oxygen atoms in total. The van der Waals surface area contributed by atoms with E-state index in [0.717, 1.165) is 14.8 Å². The first-order chi connectivity index (χ1) is 14.9. The van der Waals surface area contributed by atoms with E-state index >= 15 is 0 Å². The maximum absolute atomic E-state index is 13.2. The van der Waals surface area contributed by atoms with Gasteiger partial charge < -0.3 is 9.64 Å². The summed E-state index contributed by atoms with van der Waals surface area (Å²) in [6, 6.07) is 7.15. The third-order valence-corrected chi connectivity index (χ3v) is 5.36. The second-order valence-electron chi connectivity index (χ2n) is 7.66. The van der Waals surface area contributed by atoms with Gasteiger partial charge >= 0.3 is 11.7 Å². The predicted molar refractivity (Wildman–Crippen MR) is 114 cm³/mol. The quantitative estimate of drug-likeness (QED) is 0.647. The minimum absolute atomic E-state index is 0.192. The standard InChI is InChI=1S/C22H28N4O5/c1-4-11-25-20(28)18(23-26(22(25)30)17-8-6-7-15(3)14-17)19(27)24-12-9-16(10-13-24)21(29)31-5-2/h6-8,14,16H,4-5,9-13H2,1-3H3. The van der Waals surface area contributed by atoms with Crippen molar-refractivity contribution in [3.8, 4) is 5.69 Å². The van der Waals surface area contributed by atoms with Crippen LogP contribution >= 0.6 is 0 Å². The van der Waals surface area contributed by atoms with Crippen LogP contribution < -0.4 is 11.2 Å². The van der Waals surface area contributed by atoms with Crippen molar-refractivity contribution in [1.82, 2.24) is 19.2 Å². The zero-order valence-corrected chi connectivity index (χ0v) is 18.2. The van der Waals surface area contributed by atoms with Crippen LogP contribution in [0.4, 0.5) is 0 Å². The number of esters is 1. The van der Waals surface area contributed by atoms with Crippen LogP contribution in [0.3, 0.4) is 0 Å². The molecule has 3 rings (SSSR count). The molecular formula is C22H28N4O5. The molecule has 0 unspecified atom stereocenters. The molecule has 0 atom stereocenters. The van der Waals surface area contributed by atoms with Gasteiger partial charge in [0.1, 0.15) is 0 Å². The van der Waals surface area contributed by atoms with Crippen molar-refractivity contribution < 1.29 is 14.3 Å². The molecule has 2 heterocycles. The number of hydrogen-bond donors (Lipinski definition) is 0. The molecule has 1 saturated heterocycles. The number of aromatic nitrogens is 3. The molecule has 1 aromatic heterocycles. The molecule has 9 heteroatoms. The second kappa shape index (κ2) is 9.72. The fourth-order valence-corrected chi connectivity index (χ4v) is 3.73. The van der Waals surface area contributed by atoms with Crippen molar-refractivity contribution in [2.75, 3.05) is 19.7 Å². The fraction of sp³-hybridized carbons (Fsp3) is 0.500. The molecule has 1 fully saturated rings. The Hall–Kier alpha value is -3.23. The first kappa shape index (κ1) is 22.5. The Balaban J connectivity index is 1.95. The Labute approximate surface area is 180 Å². The highest BCUT2D eigenvalue weighted by Crippen LogP contribution is 2.19. The second-order valence-corrected chi connectivity index (χ2v) is 7.66. The van der Waals surface area contributed by atoms with Gasteiger partial charge in [-0.1, -0.05) is 19.1 Å². The number of piperidine rings is 1. The summed E-state index contributed by atoms with van der Waals surface area (Å²) in [6.45, 7) is 6.65. The number of carbonyl (C=O) groups is 2. The van der Waals surface area contributed by atoms with E-state index in [-0.39, 0.29) is 24.1 Å². The number of aryl methyl sites for hydroxylation is 1. The van der Waals surface area contributed by atoms with Crippen LogP contribution in [-0.2, 0) is 16.1 Å². The predicted octanol–water partition coefficient (Wildman–Crippen LogP) is 1.53. The highest BCUT2D eigenvalue weighted by Gasteiger charge is 2.31. The van der Waals surface area contributed by atoms with Crippen LogP contribution in [0, 0.1) is 12.8 Å². The highest BCUT2D eigenvalue weighted by molar-refractivity contribution is 5.92. The maximum atomic E-state index is 13.2. The number of ether oxygens (including phenoxy) is 1. The van der Waals surface area contributed by atoms with Crippen molar-refractivity contribution in [1.29, 1.82) is 0 Å². The molecule has 31 heavy (non-hydrogen) atoms. The molecule has 1 aliphatic heterocycles. The van der Waals surface area contributed by atoms with E-state index in [1.165, 1.54) is 4.90 Å². The summed E-state index contributed by atoms with van der Waals surface area (Å²) < 4.78 is 7.24. The minimum Gasteiger partial charge on any atom is -0.466 e. The van der Waals surface area contributed by atoms with Crippen molar-refractivity contribution in [3.05, 3.63) is 56.4 Å². The largest absolute Gasteiger partial charge is 0.466 e. The first-order valence-electron chi connectivity index (χ1n) is 10.6. The number of hydrogen-bond acceptors (Lipinski definition) is 6. The zero-order chi connectivity index (χ0) is 22.5. The number of carbonyl (C=O) groups excluding carboxylic acids is 2. The van der Waals surface area contributed by atoms with Gasteiger partial charge in [-0.05, 0) is 50.8 Å². The van der Waals surface area contributed by atoms with Crippen molar-refractivity contribution in [3.63, 3.8) is 0 Å².